The number of carbonyl (C=O) groups excluding carboxylic acids is 3. The normalized spacial score (nSPS) is 18.8. The van der Waals surface area contributed by atoms with Crippen molar-refractivity contribution in [1.29, 1.82) is 0 Å². The van der Waals surface area contributed by atoms with Crippen molar-refractivity contribution >= 4 is 61.0 Å². The summed E-state index contributed by atoms with van der Waals surface area (Å²) in [5.41, 5.74) is 1.16. The van der Waals surface area contributed by atoms with Gasteiger partial charge in [0, 0.05) is 26.3 Å². The highest BCUT2D eigenvalue weighted by molar-refractivity contribution is 9.10. The van der Waals surface area contributed by atoms with Gasteiger partial charge in [-0.25, -0.2) is 0 Å². The number of hydrogen-bond acceptors (Lipinski definition) is 6. The fourth-order valence-electron chi connectivity index (χ4n) is 4.73. The number of rotatable bonds is 5. The van der Waals surface area contributed by atoms with Crippen LogP contribution < -0.4 is 9.64 Å². The number of nitro benzene ring substituents is 1. The van der Waals surface area contributed by atoms with Gasteiger partial charge in [0.1, 0.15) is 17.4 Å². The fourth-order valence-corrected chi connectivity index (χ4v) is 5.35. The monoisotopic (exact) mass is 613 g/mol. The maximum absolute atomic E-state index is 13.7. The lowest BCUT2D eigenvalue weighted by Crippen LogP contribution is -2.67. The van der Waals surface area contributed by atoms with Crippen molar-refractivity contribution in [2.45, 2.75) is 19.0 Å². The molecule has 0 aromatic heterocycles. The van der Waals surface area contributed by atoms with Crippen LogP contribution in [0.25, 0.3) is 0 Å². The lowest BCUT2D eigenvalue weighted by Gasteiger charge is -2.50. The number of methoxy groups -OCH3 is 1. The summed E-state index contributed by atoms with van der Waals surface area (Å²) in [5.74, 6) is -1.64. The van der Waals surface area contributed by atoms with E-state index in [1.807, 2.05) is 19.1 Å². The molecule has 0 aliphatic carbocycles. The van der Waals surface area contributed by atoms with Crippen molar-refractivity contribution in [3.63, 3.8) is 0 Å². The first kappa shape index (κ1) is 24.1. The van der Waals surface area contributed by atoms with Gasteiger partial charge in [-0.15, -0.1) is 0 Å². The molecule has 0 N–H and O–H groups in total. The van der Waals surface area contributed by atoms with Crippen molar-refractivity contribution in [3.05, 3.63) is 95.9 Å². The van der Waals surface area contributed by atoms with E-state index in [0.29, 0.717) is 21.5 Å². The molecular weight excluding hydrogens is 598 g/mol. The van der Waals surface area contributed by atoms with Crippen molar-refractivity contribution in [3.8, 4) is 5.75 Å². The third-order valence-electron chi connectivity index (χ3n) is 6.40. The number of ether oxygens (including phenoxy) is 1. The van der Waals surface area contributed by atoms with Gasteiger partial charge < -0.3 is 9.64 Å². The van der Waals surface area contributed by atoms with Crippen LogP contribution in [0.5, 0.6) is 5.75 Å². The number of benzene rings is 3. The minimum absolute atomic E-state index is 0.0973. The molecule has 182 valence electrons. The van der Waals surface area contributed by atoms with E-state index in [9.17, 15) is 24.5 Å². The minimum atomic E-state index is -1.22. The Morgan fingerprint density at radius 1 is 0.944 bits per heavy atom. The van der Waals surface area contributed by atoms with E-state index in [1.54, 1.807) is 24.3 Å². The van der Waals surface area contributed by atoms with E-state index in [-0.39, 0.29) is 11.1 Å². The summed E-state index contributed by atoms with van der Waals surface area (Å²) in [6, 6.07) is 12.5. The lowest BCUT2D eigenvalue weighted by molar-refractivity contribution is -0.385. The Kier molecular flexibility index (Phi) is 5.92. The molecule has 0 saturated carbocycles. The van der Waals surface area contributed by atoms with Gasteiger partial charge >= 0.3 is 0 Å². The molecule has 0 bridgehead atoms. The summed E-state index contributed by atoms with van der Waals surface area (Å²) in [7, 11) is 1.49. The molecule has 1 saturated heterocycles. The molecule has 3 amide bonds. The van der Waals surface area contributed by atoms with E-state index in [0.717, 1.165) is 14.9 Å². The van der Waals surface area contributed by atoms with Gasteiger partial charge in [-0.3, -0.25) is 29.4 Å². The Labute approximate surface area is 222 Å². The molecule has 3 aromatic carbocycles. The number of imide groups is 1. The maximum atomic E-state index is 13.7. The van der Waals surface area contributed by atoms with Crippen LogP contribution in [0.4, 0.5) is 11.4 Å². The molecule has 2 atom stereocenters. The standard InChI is InChI=1S/C25H17Br2N3O6/c1-12-10-14(7-8-17(12)27)28-21(16-11-13(26)6-9-19(16)36-2)22(25(28)33)29-23(31)15-4-3-5-18(30(34)35)20(15)24(29)32/h3-11,21-22H,1-2H3/t21-,22+/m0/s1. The van der Waals surface area contributed by atoms with Gasteiger partial charge in [-0.2, -0.15) is 0 Å². The number of anilines is 1. The molecule has 36 heavy (non-hydrogen) atoms. The van der Waals surface area contributed by atoms with Gasteiger partial charge in [-0.05, 0) is 55.0 Å². The van der Waals surface area contributed by atoms with Gasteiger partial charge in [0.2, 0.25) is 0 Å². The Bertz CT molecular complexity index is 1490. The van der Waals surface area contributed by atoms with Crippen LogP contribution in [0.1, 0.15) is 37.9 Å². The second-order valence-corrected chi connectivity index (χ2v) is 10.1. The number of β-lactam (4-membered cyclic amide) rings is 1. The van der Waals surface area contributed by atoms with Crippen molar-refractivity contribution in [1.82, 2.24) is 4.90 Å². The smallest absolute Gasteiger partial charge is 0.282 e. The molecule has 9 nitrogen and oxygen atoms in total. The van der Waals surface area contributed by atoms with Crippen LogP contribution in [0, 0.1) is 17.0 Å². The first-order chi connectivity index (χ1) is 17.1. The molecule has 0 spiro atoms. The van der Waals surface area contributed by atoms with Gasteiger partial charge in [0.25, 0.3) is 23.4 Å². The third-order valence-corrected chi connectivity index (χ3v) is 7.78. The SMILES string of the molecule is COc1ccc(Br)cc1[C@H]1[C@@H](N2C(=O)c3cccc([N+](=O)[O-])c3C2=O)C(=O)N1c1ccc(Br)c(C)c1. The molecule has 3 aromatic rings. The van der Waals surface area contributed by atoms with Crippen molar-refractivity contribution < 1.29 is 24.0 Å². The predicted molar refractivity (Wildman–Crippen MR) is 137 cm³/mol. The summed E-state index contributed by atoms with van der Waals surface area (Å²) in [4.78, 5) is 53.7. The number of fused-ring (bicyclic) bond motifs is 1. The summed E-state index contributed by atoms with van der Waals surface area (Å²) >= 11 is 6.91. The Morgan fingerprint density at radius 3 is 2.36 bits per heavy atom. The third kappa shape index (κ3) is 3.53. The van der Waals surface area contributed by atoms with Crippen LogP contribution in [-0.4, -0.2) is 40.7 Å². The highest BCUT2D eigenvalue weighted by atomic mass is 79.9. The lowest BCUT2D eigenvalue weighted by atomic mass is 9.85. The topological polar surface area (TPSA) is 110 Å². The predicted octanol–water partition coefficient (Wildman–Crippen LogP) is 5.19. The highest BCUT2D eigenvalue weighted by Crippen LogP contribution is 2.48. The van der Waals surface area contributed by atoms with E-state index in [1.165, 1.54) is 30.2 Å². The molecule has 5 rings (SSSR count). The molecule has 0 unspecified atom stereocenters. The first-order valence-corrected chi connectivity index (χ1v) is 12.3. The summed E-state index contributed by atoms with van der Waals surface area (Å²) in [6.07, 6.45) is 0. The molecule has 0 radical (unpaired) electrons. The second-order valence-electron chi connectivity index (χ2n) is 8.35. The summed E-state index contributed by atoms with van der Waals surface area (Å²) < 4.78 is 7.12. The number of hydrogen-bond donors (Lipinski definition) is 0. The average molecular weight is 615 g/mol. The van der Waals surface area contributed by atoms with E-state index < -0.39 is 40.4 Å². The minimum Gasteiger partial charge on any atom is -0.496 e. The first-order valence-electron chi connectivity index (χ1n) is 10.7. The molecular formula is C25H17Br2N3O6. The number of nitrogens with zero attached hydrogens (tertiary/aromatic N) is 3. The van der Waals surface area contributed by atoms with Crippen LogP contribution in [0.3, 0.4) is 0 Å². The quantitative estimate of drug-likeness (QED) is 0.169. The van der Waals surface area contributed by atoms with Crippen LogP contribution in [0.2, 0.25) is 0 Å². The number of aryl methyl sites for hydroxylation is 1. The largest absolute Gasteiger partial charge is 0.496 e. The maximum Gasteiger partial charge on any atom is 0.282 e. The van der Waals surface area contributed by atoms with E-state index >= 15 is 0 Å². The van der Waals surface area contributed by atoms with Crippen LogP contribution in [-0.2, 0) is 4.79 Å². The second kappa shape index (κ2) is 8.82. The molecule has 1 fully saturated rings. The van der Waals surface area contributed by atoms with Gasteiger partial charge in [0.15, 0.2) is 0 Å². The van der Waals surface area contributed by atoms with E-state index in [2.05, 4.69) is 31.9 Å². The zero-order chi connectivity index (χ0) is 25.9. The Balaban J connectivity index is 1.66. The summed E-state index contributed by atoms with van der Waals surface area (Å²) in [5, 5.41) is 11.6. The van der Waals surface area contributed by atoms with E-state index in [4.69, 9.17) is 4.74 Å². The molecule has 2 aliphatic rings. The van der Waals surface area contributed by atoms with Crippen LogP contribution in [0.15, 0.2) is 63.5 Å². The number of amides is 3. The molecule has 11 heteroatoms. The average Bonchev–Trinajstić information content (AvgIpc) is 3.09. The molecule has 2 heterocycles. The zero-order valence-electron chi connectivity index (χ0n) is 18.9. The zero-order valence-corrected chi connectivity index (χ0v) is 22.1. The highest BCUT2D eigenvalue weighted by Gasteiger charge is 2.59. The fraction of sp³-hybridized carbons (Fsp3) is 0.160. The Hall–Kier alpha value is -3.57. The van der Waals surface area contributed by atoms with Crippen LogP contribution >= 0.6 is 31.9 Å². The van der Waals surface area contributed by atoms with Gasteiger partial charge in [-0.1, -0.05) is 37.9 Å². The van der Waals surface area contributed by atoms with Crippen molar-refractivity contribution in [2.75, 3.05) is 12.0 Å². The van der Waals surface area contributed by atoms with Crippen molar-refractivity contribution in [2.24, 2.45) is 0 Å². The van der Waals surface area contributed by atoms with Gasteiger partial charge in [0.05, 0.1) is 23.6 Å². The number of carbonyl (C=O) groups is 3. The number of halogens is 2. The number of nitro groups is 1. The summed E-state index contributed by atoms with van der Waals surface area (Å²) in [6.45, 7) is 1.88. The Morgan fingerprint density at radius 2 is 1.69 bits per heavy atom. The molecule has 2 aliphatic heterocycles.